The van der Waals surface area contributed by atoms with E-state index in [1.54, 1.807) is 18.3 Å². The Morgan fingerprint density at radius 2 is 2.03 bits per heavy atom. The molecule has 4 N–H and O–H groups in total. The predicted molar refractivity (Wildman–Crippen MR) is 121 cm³/mol. The molecule has 7 nitrogen and oxygen atoms in total. The highest BCUT2D eigenvalue weighted by Gasteiger charge is 2.16. The van der Waals surface area contributed by atoms with Gasteiger partial charge in [-0.25, -0.2) is 9.97 Å². The minimum atomic E-state index is -0.0601. The second-order valence-electron chi connectivity index (χ2n) is 7.76. The molecule has 1 aliphatic rings. The van der Waals surface area contributed by atoms with Gasteiger partial charge in [-0.15, -0.1) is 0 Å². The first-order valence-corrected chi connectivity index (χ1v) is 10.6. The van der Waals surface area contributed by atoms with Gasteiger partial charge in [0, 0.05) is 30.4 Å². The van der Waals surface area contributed by atoms with Crippen LogP contribution in [-0.4, -0.2) is 47.2 Å². The Balaban J connectivity index is 1.37. The first-order chi connectivity index (χ1) is 15.2. The van der Waals surface area contributed by atoms with Gasteiger partial charge in [-0.3, -0.25) is 4.79 Å². The Morgan fingerprint density at radius 1 is 1.16 bits per heavy atom. The molecule has 160 valence electrons. The molecule has 1 amide bonds. The van der Waals surface area contributed by atoms with E-state index in [0.717, 1.165) is 42.8 Å². The predicted octanol–water partition coefficient (Wildman–Crippen LogP) is 2.84. The molecule has 1 fully saturated rings. The van der Waals surface area contributed by atoms with Gasteiger partial charge in [-0.2, -0.15) is 0 Å². The fourth-order valence-electron chi connectivity index (χ4n) is 3.63. The van der Waals surface area contributed by atoms with Crippen LogP contribution in [0.5, 0.6) is 5.75 Å². The number of phenols is 1. The molecule has 2 aromatic carbocycles. The van der Waals surface area contributed by atoms with E-state index < -0.39 is 0 Å². The lowest BCUT2D eigenvalue weighted by Gasteiger charge is -2.11. The van der Waals surface area contributed by atoms with Gasteiger partial charge in [0.1, 0.15) is 5.75 Å². The summed E-state index contributed by atoms with van der Waals surface area (Å²) in [4.78, 5) is 21.4. The summed E-state index contributed by atoms with van der Waals surface area (Å²) in [6.45, 7) is 3.35. The Morgan fingerprint density at radius 3 is 2.84 bits per heavy atom. The topological polar surface area (TPSA) is 99.2 Å². The third-order valence-electron chi connectivity index (χ3n) is 5.42. The number of carbonyl (C=O) groups is 1. The lowest BCUT2D eigenvalue weighted by molar-refractivity contribution is 0.0948. The Bertz CT molecular complexity index is 1020. The van der Waals surface area contributed by atoms with E-state index in [4.69, 9.17) is 0 Å². The van der Waals surface area contributed by atoms with Crippen molar-refractivity contribution in [3.05, 3.63) is 71.9 Å². The summed E-state index contributed by atoms with van der Waals surface area (Å²) in [5, 5.41) is 19.0. The maximum atomic E-state index is 12.6. The normalized spacial score (nSPS) is 15.5. The molecule has 31 heavy (non-hydrogen) atoms. The summed E-state index contributed by atoms with van der Waals surface area (Å²) in [5.74, 6) is 1.25. The molecular weight excluding hydrogens is 390 g/mol. The standard InChI is InChI=1S/C24H27N5O2/c30-21-6-4-17(5-7-21)9-12-26-24-27-13-10-22(29-24)19-2-1-3-20(14-19)23(31)28-16-18-8-11-25-15-18/h1-7,10,13-14,18,25,30H,8-9,11-12,15-16H2,(H,28,31)(H,26,27,29). The van der Waals surface area contributed by atoms with Crippen LogP contribution >= 0.6 is 0 Å². The molecule has 0 aliphatic carbocycles. The maximum Gasteiger partial charge on any atom is 0.251 e. The largest absolute Gasteiger partial charge is 0.508 e. The molecule has 0 radical (unpaired) electrons. The Kier molecular flexibility index (Phi) is 6.74. The van der Waals surface area contributed by atoms with Gasteiger partial charge in [0.25, 0.3) is 5.91 Å². The van der Waals surface area contributed by atoms with Crippen molar-refractivity contribution in [3.63, 3.8) is 0 Å². The Hall–Kier alpha value is -3.45. The average Bonchev–Trinajstić information content (AvgIpc) is 3.33. The minimum Gasteiger partial charge on any atom is -0.508 e. The SMILES string of the molecule is O=C(NCC1CCNC1)c1cccc(-c2ccnc(NCCc3ccc(O)cc3)n2)c1. The summed E-state index contributed by atoms with van der Waals surface area (Å²) in [5.41, 5.74) is 3.38. The minimum absolute atomic E-state index is 0.0601. The molecule has 0 spiro atoms. The molecule has 3 aromatic rings. The van der Waals surface area contributed by atoms with Crippen molar-refractivity contribution in [1.29, 1.82) is 0 Å². The van der Waals surface area contributed by atoms with E-state index in [0.29, 0.717) is 30.5 Å². The lowest BCUT2D eigenvalue weighted by Crippen LogP contribution is -2.30. The molecule has 0 saturated carbocycles. The first-order valence-electron chi connectivity index (χ1n) is 10.6. The molecule has 2 heterocycles. The highest BCUT2D eigenvalue weighted by Crippen LogP contribution is 2.19. The van der Waals surface area contributed by atoms with Gasteiger partial charge in [-0.1, -0.05) is 24.3 Å². The van der Waals surface area contributed by atoms with Gasteiger partial charge < -0.3 is 21.1 Å². The molecule has 1 aromatic heterocycles. The third kappa shape index (κ3) is 5.79. The van der Waals surface area contributed by atoms with Crippen molar-refractivity contribution in [2.24, 2.45) is 5.92 Å². The van der Waals surface area contributed by atoms with Crippen molar-refractivity contribution in [2.75, 3.05) is 31.5 Å². The van der Waals surface area contributed by atoms with Gasteiger partial charge in [0.15, 0.2) is 0 Å². The average molecular weight is 418 g/mol. The molecule has 4 rings (SSSR count). The maximum absolute atomic E-state index is 12.6. The number of amides is 1. The number of aromatic hydroxyl groups is 1. The number of phenolic OH excluding ortho intramolecular Hbond substituents is 1. The quantitative estimate of drug-likeness (QED) is 0.450. The Labute approximate surface area is 182 Å². The molecule has 1 aliphatic heterocycles. The van der Waals surface area contributed by atoms with Gasteiger partial charge in [0.2, 0.25) is 5.95 Å². The first kappa shape index (κ1) is 20.8. The van der Waals surface area contributed by atoms with Crippen molar-refractivity contribution in [3.8, 4) is 17.0 Å². The molecular formula is C24H27N5O2. The van der Waals surface area contributed by atoms with Gasteiger partial charge in [-0.05, 0) is 67.7 Å². The number of nitrogens with one attached hydrogen (secondary N) is 3. The fraction of sp³-hybridized carbons (Fsp3) is 0.292. The summed E-state index contributed by atoms with van der Waals surface area (Å²) in [7, 11) is 0. The summed E-state index contributed by atoms with van der Waals surface area (Å²) >= 11 is 0. The zero-order valence-electron chi connectivity index (χ0n) is 17.3. The number of anilines is 1. The van der Waals surface area contributed by atoms with E-state index in [2.05, 4.69) is 25.9 Å². The van der Waals surface area contributed by atoms with Crippen LogP contribution in [0.1, 0.15) is 22.3 Å². The highest BCUT2D eigenvalue weighted by atomic mass is 16.3. The van der Waals surface area contributed by atoms with Crippen LogP contribution in [0.3, 0.4) is 0 Å². The highest BCUT2D eigenvalue weighted by molar-refractivity contribution is 5.95. The summed E-state index contributed by atoms with van der Waals surface area (Å²) in [6.07, 6.45) is 3.61. The monoisotopic (exact) mass is 417 g/mol. The molecule has 1 saturated heterocycles. The van der Waals surface area contributed by atoms with Crippen LogP contribution in [0.25, 0.3) is 11.3 Å². The smallest absolute Gasteiger partial charge is 0.251 e. The molecule has 0 bridgehead atoms. The second kappa shape index (κ2) is 10.0. The number of aromatic nitrogens is 2. The van der Waals surface area contributed by atoms with Crippen LogP contribution in [-0.2, 0) is 6.42 Å². The van der Waals surface area contributed by atoms with Crippen LogP contribution in [0.15, 0.2) is 60.8 Å². The summed E-state index contributed by atoms with van der Waals surface area (Å²) < 4.78 is 0. The summed E-state index contributed by atoms with van der Waals surface area (Å²) in [6, 6.07) is 16.5. The second-order valence-corrected chi connectivity index (χ2v) is 7.76. The van der Waals surface area contributed by atoms with E-state index in [1.807, 2.05) is 42.5 Å². The number of rotatable bonds is 8. The number of hydrogen-bond acceptors (Lipinski definition) is 6. The molecule has 1 unspecified atom stereocenters. The zero-order valence-corrected chi connectivity index (χ0v) is 17.3. The van der Waals surface area contributed by atoms with Crippen LogP contribution < -0.4 is 16.0 Å². The number of benzene rings is 2. The van der Waals surface area contributed by atoms with Crippen molar-refractivity contribution < 1.29 is 9.90 Å². The van der Waals surface area contributed by atoms with Crippen LogP contribution in [0.4, 0.5) is 5.95 Å². The number of hydrogen-bond donors (Lipinski definition) is 4. The molecule has 1 atom stereocenters. The lowest BCUT2D eigenvalue weighted by atomic mass is 10.1. The zero-order chi connectivity index (χ0) is 21.5. The van der Waals surface area contributed by atoms with E-state index >= 15 is 0 Å². The third-order valence-corrected chi connectivity index (χ3v) is 5.42. The van der Waals surface area contributed by atoms with Crippen molar-refractivity contribution in [1.82, 2.24) is 20.6 Å². The number of nitrogens with zero attached hydrogens (tertiary/aromatic N) is 2. The fourth-order valence-corrected chi connectivity index (χ4v) is 3.63. The van der Waals surface area contributed by atoms with Crippen molar-refractivity contribution >= 4 is 11.9 Å². The van der Waals surface area contributed by atoms with Gasteiger partial charge in [0.05, 0.1) is 5.69 Å². The van der Waals surface area contributed by atoms with Gasteiger partial charge >= 0.3 is 0 Å². The van der Waals surface area contributed by atoms with Crippen molar-refractivity contribution in [2.45, 2.75) is 12.8 Å². The molecule has 7 heteroatoms. The van der Waals surface area contributed by atoms with E-state index in [1.165, 1.54) is 0 Å². The van der Waals surface area contributed by atoms with E-state index in [-0.39, 0.29) is 11.7 Å². The van der Waals surface area contributed by atoms with E-state index in [9.17, 15) is 9.90 Å². The van der Waals surface area contributed by atoms with Crippen LogP contribution in [0.2, 0.25) is 0 Å². The number of carbonyl (C=O) groups excluding carboxylic acids is 1. The van der Waals surface area contributed by atoms with Crippen LogP contribution in [0, 0.1) is 5.92 Å².